The number of esters is 2. The van der Waals surface area contributed by atoms with Crippen LogP contribution < -0.4 is 4.74 Å². The molecule has 6 saturated carbocycles. The first kappa shape index (κ1) is 25.3. The molecule has 7 atom stereocenters. The van der Waals surface area contributed by atoms with E-state index in [9.17, 15) is 36.0 Å². The summed E-state index contributed by atoms with van der Waals surface area (Å²) >= 11 is 0. The van der Waals surface area contributed by atoms with E-state index in [0.29, 0.717) is 18.4 Å². The number of carbonyl (C=O) groups is 3. The van der Waals surface area contributed by atoms with Crippen molar-refractivity contribution in [2.75, 3.05) is 5.75 Å². The second-order valence-corrected chi connectivity index (χ2v) is 11.8. The predicted octanol–water partition coefficient (Wildman–Crippen LogP) is 2.49. The maximum absolute atomic E-state index is 13.5. The Morgan fingerprint density at radius 3 is 2.58 bits per heavy atom. The molecule has 13 heteroatoms. The summed E-state index contributed by atoms with van der Waals surface area (Å²) in [6, 6.07) is 3.66. The second-order valence-electron chi connectivity index (χ2n) is 10.3. The molecule has 0 aliphatic heterocycles. The van der Waals surface area contributed by atoms with Crippen molar-refractivity contribution >= 4 is 35.7 Å². The minimum absolute atomic E-state index is 0.0238. The van der Waals surface area contributed by atoms with Crippen LogP contribution in [0.25, 0.3) is 0 Å². The van der Waals surface area contributed by atoms with E-state index in [1.807, 2.05) is 0 Å². The lowest BCUT2D eigenvalue weighted by Gasteiger charge is -2.69. The number of ether oxygens (including phenoxy) is 2. The predicted molar refractivity (Wildman–Crippen MR) is 117 cm³/mol. The number of hydrogen-bond acceptors (Lipinski definition) is 7. The standard InChI is InChI=1S/C23H22BF3O8S/c24-8-10-1-2-13(20(29)35-17(23(25,26)27)9-36(31,32)33)16(3-10)34-21(30)22-6-11-4-12(7-22)19(28)18-14(11)5-15(18)22/h1-3,11-12,14-15,17-18H,4-9H2,(H,31,32,33). The normalized spacial score (nSPS) is 33.1. The van der Waals surface area contributed by atoms with Crippen LogP contribution in [0.4, 0.5) is 13.2 Å². The van der Waals surface area contributed by atoms with Gasteiger partial charge in [0.2, 0.25) is 6.10 Å². The molecule has 2 radical (unpaired) electrons. The molecule has 1 aromatic rings. The highest BCUT2D eigenvalue weighted by atomic mass is 32.2. The Kier molecular flexibility index (Phi) is 5.83. The van der Waals surface area contributed by atoms with Gasteiger partial charge < -0.3 is 9.47 Å². The van der Waals surface area contributed by atoms with Crippen LogP contribution in [-0.4, -0.2) is 56.6 Å². The van der Waals surface area contributed by atoms with E-state index < -0.39 is 51.1 Å². The zero-order valence-electron chi connectivity index (χ0n) is 18.9. The SMILES string of the molecule is [B]Cc1ccc(C(=O)OC(CS(=O)(=O)O)C(F)(F)F)c(OC(=O)C23CC4CC(C2)C2CC3C2C4=O)c1. The number of carbonyl (C=O) groups excluding carboxylic acids is 3. The van der Waals surface area contributed by atoms with Crippen molar-refractivity contribution in [3.8, 4) is 5.75 Å². The molecule has 6 aliphatic rings. The quantitative estimate of drug-likeness (QED) is 0.249. The van der Waals surface area contributed by atoms with Crippen LogP contribution in [0.1, 0.15) is 41.6 Å². The molecule has 8 nitrogen and oxygen atoms in total. The van der Waals surface area contributed by atoms with Gasteiger partial charge in [-0.05, 0) is 55.6 Å². The average Bonchev–Trinajstić information content (AvgIpc) is 2.74. The van der Waals surface area contributed by atoms with Crippen molar-refractivity contribution in [2.45, 2.75) is 44.3 Å². The molecule has 1 aromatic carbocycles. The third-order valence-electron chi connectivity index (χ3n) is 8.38. The zero-order valence-corrected chi connectivity index (χ0v) is 19.7. The van der Waals surface area contributed by atoms with Crippen LogP contribution in [-0.2, 0) is 30.8 Å². The lowest BCUT2D eigenvalue weighted by atomic mass is 9.33. The number of halogens is 3. The molecule has 6 bridgehead atoms. The summed E-state index contributed by atoms with van der Waals surface area (Å²) in [6.07, 6.45) is -6.06. The third kappa shape index (κ3) is 4.04. The van der Waals surface area contributed by atoms with E-state index in [1.165, 1.54) is 12.1 Å². The van der Waals surface area contributed by atoms with Gasteiger partial charge in [0.25, 0.3) is 10.1 Å². The number of ketones is 1. The number of alkyl halides is 3. The van der Waals surface area contributed by atoms with Gasteiger partial charge in [0.1, 0.15) is 22.8 Å². The first-order chi connectivity index (χ1) is 16.7. The summed E-state index contributed by atoms with van der Waals surface area (Å²) in [7, 11) is 0.503. The van der Waals surface area contributed by atoms with Gasteiger partial charge in [0, 0.05) is 11.8 Å². The second kappa shape index (κ2) is 8.30. The summed E-state index contributed by atoms with van der Waals surface area (Å²) in [5.74, 6) is -4.32. The molecular weight excluding hydrogens is 504 g/mol. The van der Waals surface area contributed by atoms with Gasteiger partial charge >= 0.3 is 18.1 Å². The molecule has 7 rings (SSSR count). The molecule has 0 aromatic heterocycles. The van der Waals surface area contributed by atoms with Crippen molar-refractivity contribution in [1.29, 1.82) is 0 Å². The molecule has 0 saturated heterocycles. The molecule has 1 N–H and O–H groups in total. The van der Waals surface area contributed by atoms with Crippen LogP contribution in [0.5, 0.6) is 5.75 Å². The Morgan fingerprint density at radius 2 is 1.94 bits per heavy atom. The Hall–Kier alpha value is -2.41. The largest absolute Gasteiger partial charge is 0.448 e. The van der Waals surface area contributed by atoms with Crippen LogP contribution in [0.15, 0.2) is 18.2 Å². The molecule has 6 fully saturated rings. The zero-order chi connectivity index (χ0) is 26.2. The van der Waals surface area contributed by atoms with Crippen LogP contribution in [0.2, 0.25) is 0 Å². The van der Waals surface area contributed by atoms with Crippen molar-refractivity contribution in [1.82, 2.24) is 0 Å². The highest BCUT2D eigenvalue weighted by molar-refractivity contribution is 7.85. The topological polar surface area (TPSA) is 124 Å². The number of Topliss-reactive ketones (excluding diaryl/α,β-unsaturated/α-hetero) is 1. The summed E-state index contributed by atoms with van der Waals surface area (Å²) < 4.78 is 80.8. The van der Waals surface area contributed by atoms with Crippen LogP contribution in [0, 0.1) is 35.0 Å². The lowest BCUT2D eigenvalue weighted by molar-refractivity contribution is -0.221. The Balaban J connectivity index is 1.42. The summed E-state index contributed by atoms with van der Waals surface area (Å²) in [5, 5.41) is 0. The summed E-state index contributed by atoms with van der Waals surface area (Å²) in [5.41, 5.74) is -1.01. The highest BCUT2D eigenvalue weighted by Gasteiger charge is 2.73. The van der Waals surface area contributed by atoms with Gasteiger partial charge in [-0.15, -0.1) is 0 Å². The Morgan fingerprint density at radius 1 is 1.22 bits per heavy atom. The van der Waals surface area contributed by atoms with Gasteiger partial charge in [0.15, 0.2) is 0 Å². The summed E-state index contributed by atoms with van der Waals surface area (Å²) in [4.78, 5) is 38.9. The van der Waals surface area contributed by atoms with Crippen molar-refractivity contribution in [3.63, 3.8) is 0 Å². The van der Waals surface area contributed by atoms with Crippen molar-refractivity contribution < 1.29 is 50.0 Å². The third-order valence-corrected chi connectivity index (χ3v) is 9.10. The van der Waals surface area contributed by atoms with Gasteiger partial charge in [0.05, 0.1) is 13.3 Å². The fourth-order valence-corrected chi connectivity index (χ4v) is 7.48. The smallest absolute Gasteiger partial charge is 0.426 e. The van der Waals surface area contributed by atoms with E-state index in [0.717, 1.165) is 18.9 Å². The van der Waals surface area contributed by atoms with Gasteiger partial charge in [-0.3, -0.25) is 14.1 Å². The Labute approximate surface area is 206 Å². The number of benzene rings is 1. The van der Waals surface area contributed by atoms with E-state index in [2.05, 4.69) is 4.74 Å². The number of hydrogen-bond donors (Lipinski definition) is 1. The van der Waals surface area contributed by atoms with Gasteiger partial charge in [-0.1, -0.05) is 17.9 Å². The minimum Gasteiger partial charge on any atom is -0.448 e. The van der Waals surface area contributed by atoms with Gasteiger partial charge in [-0.25, -0.2) is 4.79 Å². The lowest BCUT2D eigenvalue weighted by Crippen LogP contribution is -2.70. The van der Waals surface area contributed by atoms with Crippen LogP contribution >= 0.6 is 0 Å². The monoisotopic (exact) mass is 526 g/mol. The average molecular weight is 526 g/mol. The summed E-state index contributed by atoms with van der Waals surface area (Å²) in [6.45, 7) is 0. The molecule has 36 heavy (non-hydrogen) atoms. The first-order valence-electron chi connectivity index (χ1n) is 11.6. The maximum atomic E-state index is 13.5. The van der Waals surface area contributed by atoms with E-state index in [1.54, 1.807) is 0 Å². The Bertz CT molecular complexity index is 1250. The van der Waals surface area contributed by atoms with E-state index >= 15 is 0 Å². The molecular formula is C23H22BF3O8S. The molecule has 7 unspecified atom stereocenters. The molecule has 6 aliphatic carbocycles. The van der Waals surface area contributed by atoms with E-state index in [4.69, 9.17) is 17.1 Å². The maximum Gasteiger partial charge on any atom is 0.426 e. The molecule has 0 heterocycles. The fraction of sp³-hybridized carbons (Fsp3) is 0.609. The highest BCUT2D eigenvalue weighted by Crippen LogP contribution is 2.72. The van der Waals surface area contributed by atoms with E-state index in [-0.39, 0.29) is 47.4 Å². The number of rotatable bonds is 7. The minimum atomic E-state index is -5.29. The van der Waals surface area contributed by atoms with Crippen molar-refractivity contribution in [3.05, 3.63) is 29.3 Å². The fourth-order valence-electron chi connectivity index (χ4n) is 6.84. The molecule has 0 amide bonds. The van der Waals surface area contributed by atoms with Crippen molar-refractivity contribution in [2.24, 2.45) is 35.0 Å². The van der Waals surface area contributed by atoms with Gasteiger partial charge in [-0.2, -0.15) is 21.6 Å². The molecule has 192 valence electrons. The molecule has 0 spiro atoms. The van der Waals surface area contributed by atoms with Crippen LogP contribution in [0.3, 0.4) is 0 Å². The first-order valence-corrected chi connectivity index (χ1v) is 13.2.